The maximum Gasteiger partial charge on any atom is 0.305 e. The van der Waals surface area contributed by atoms with E-state index in [1.54, 1.807) is 4.90 Å². The Morgan fingerprint density at radius 2 is 0.787 bits per heavy atom. The van der Waals surface area contributed by atoms with E-state index < -0.39 is 0 Å². The minimum atomic E-state index is -0.348. The monoisotopic (exact) mass is 666 g/mol. The van der Waals surface area contributed by atoms with Gasteiger partial charge in [0.1, 0.15) is 13.2 Å². The molecule has 0 amide bonds. The van der Waals surface area contributed by atoms with Crippen LogP contribution in [0.4, 0.5) is 0 Å². The first kappa shape index (κ1) is 44.7. The van der Waals surface area contributed by atoms with E-state index in [2.05, 4.69) is 19.2 Å². The summed E-state index contributed by atoms with van der Waals surface area (Å²) in [5.74, 6) is -0.900. The molecule has 9 nitrogen and oxygen atoms in total. The predicted molar refractivity (Wildman–Crippen MR) is 197 cm³/mol. The molecule has 0 bridgehead atoms. The van der Waals surface area contributed by atoms with Crippen LogP contribution in [0.15, 0.2) is 0 Å². The van der Waals surface area contributed by atoms with E-state index >= 15 is 0 Å². The van der Waals surface area contributed by atoms with Gasteiger partial charge in [-0.3, -0.25) is 25.7 Å². The second-order valence-electron chi connectivity index (χ2n) is 13.3. The zero-order valence-corrected chi connectivity index (χ0v) is 30.8. The fourth-order valence-electron chi connectivity index (χ4n) is 5.80. The molecule has 0 unspecified atom stereocenters. The van der Waals surface area contributed by atoms with Crippen LogP contribution in [0.3, 0.4) is 0 Å². The maximum absolute atomic E-state index is 12.2. The Hall–Kier alpha value is -2.32. The standard InChI is InChI=1S/C38H75N5O4/c1-3-5-7-9-11-13-15-17-19-21-23-25-27-29-35(44)46-33-31-43(38(41)42-37(39)40)32-34-47-36(45)30-28-26-24-22-20-18-16-14-12-10-8-6-4-2/h3-34H2,1-2H3,(H5,39,40,41,42). The van der Waals surface area contributed by atoms with Crippen molar-refractivity contribution in [1.82, 2.24) is 10.2 Å². The van der Waals surface area contributed by atoms with Gasteiger partial charge in [0.15, 0.2) is 11.9 Å². The lowest BCUT2D eigenvalue weighted by atomic mass is 10.0. The van der Waals surface area contributed by atoms with Crippen molar-refractivity contribution in [1.29, 1.82) is 10.8 Å². The zero-order valence-electron chi connectivity index (χ0n) is 30.8. The minimum absolute atomic E-state index is 0.0856. The van der Waals surface area contributed by atoms with Crippen molar-refractivity contribution in [3.05, 3.63) is 0 Å². The maximum atomic E-state index is 12.2. The molecule has 0 spiro atoms. The highest BCUT2D eigenvalue weighted by molar-refractivity contribution is 5.94. The lowest BCUT2D eigenvalue weighted by Gasteiger charge is -2.24. The van der Waals surface area contributed by atoms with E-state index in [0.29, 0.717) is 12.8 Å². The molecule has 0 saturated heterocycles. The molecule has 0 atom stereocenters. The molecule has 47 heavy (non-hydrogen) atoms. The normalized spacial score (nSPS) is 10.9. The van der Waals surface area contributed by atoms with Gasteiger partial charge in [-0.25, -0.2) is 0 Å². The highest BCUT2D eigenvalue weighted by Gasteiger charge is 2.13. The number of rotatable bonds is 34. The van der Waals surface area contributed by atoms with E-state index in [1.165, 1.54) is 128 Å². The van der Waals surface area contributed by atoms with Crippen molar-refractivity contribution >= 4 is 23.9 Å². The van der Waals surface area contributed by atoms with Gasteiger partial charge in [-0.1, -0.05) is 168 Å². The van der Waals surface area contributed by atoms with Crippen molar-refractivity contribution in [3.63, 3.8) is 0 Å². The fraction of sp³-hybridized carbons (Fsp3) is 0.895. The summed E-state index contributed by atoms with van der Waals surface area (Å²) in [4.78, 5) is 26.0. The molecule has 276 valence electrons. The number of nitrogens with two attached hydrogens (primary N) is 1. The number of esters is 2. The number of ether oxygens (including phenoxy) is 2. The number of nitrogens with one attached hydrogen (secondary N) is 3. The molecule has 0 radical (unpaired) electrons. The van der Waals surface area contributed by atoms with Gasteiger partial charge in [0.05, 0.1) is 13.1 Å². The first-order valence-electron chi connectivity index (χ1n) is 19.7. The van der Waals surface area contributed by atoms with Crippen LogP contribution in [0.5, 0.6) is 0 Å². The molecular weight excluding hydrogens is 590 g/mol. The van der Waals surface area contributed by atoms with Crippen LogP contribution in [-0.2, 0) is 19.1 Å². The minimum Gasteiger partial charge on any atom is -0.464 e. The van der Waals surface area contributed by atoms with Crippen LogP contribution in [0.25, 0.3) is 0 Å². The molecule has 5 N–H and O–H groups in total. The summed E-state index contributed by atoms with van der Waals surface area (Å²) in [6, 6.07) is 0. The SMILES string of the molecule is CCCCCCCCCCCCCCCC(=O)OCCN(CCOC(=O)CCCCCCCCCCCCCCC)C(=N)NC(=N)N. The highest BCUT2D eigenvalue weighted by Crippen LogP contribution is 2.14. The number of carbonyl (C=O) groups is 2. The van der Waals surface area contributed by atoms with E-state index in [4.69, 9.17) is 26.0 Å². The number of unbranched alkanes of at least 4 members (excludes halogenated alkanes) is 24. The molecule has 0 aliphatic rings. The van der Waals surface area contributed by atoms with Gasteiger partial charge in [0.25, 0.3) is 0 Å². The molecule has 0 rings (SSSR count). The van der Waals surface area contributed by atoms with Crippen molar-refractivity contribution in [2.24, 2.45) is 5.73 Å². The van der Waals surface area contributed by atoms with Gasteiger partial charge in [-0.2, -0.15) is 0 Å². The lowest BCUT2D eigenvalue weighted by Crippen LogP contribution is -2.48. The number of carbonyl (C=O) groups excluding carboxylic acids is 2. The molecule has 9 heteroatoms. The summed E-state index contributed by atoms with van der Waals surface area (Å²) >= 11 is 0. The Morgan fingerprint density at radius 3 is 1.06 bits per heavy atom. The second kappa shape index (κ2) is 35.0. The van der Waals surface area contributed by atoms with E-state index in [9.17, 15) is 9.59 Å². The summed E-state index contributed by atoms with van der Waals surface area (Å²) in [7, 11) is 0. The van der Waals surface area contributed by atoms with Crippen molar-refractivity contribution in [2.45, 2.75) is 194 Å². The average Bonchev–Trinajstić information content (AvgIpc) is 3.04. The largest absolute Gasteiger partial charge is 0.464 e. The fourth-order valence-corrected chi connectivity index (χ4v) is 5.80. The Bertz CT molecular complexity index is 716. The van der Waals surface area contributed by atoms with Gasteiger partial charge in [0.2, 0.25) is 0 Å². The molecule has 0 fully saturated rings. The quantitative estimate of drug-likeness (QED) is 0.0232. The third-order valence-electron chi connectivity index (χ3n) is 8.79. The molecule has 0 aliphatic carbocycles. The van der Waals surface area contributed by atoms with Gasteiger partial charge < -0.3 is 20.1 Å². The first-order valence-corrected chi connectivity index (χ1v) is 19.7. The number of guanidine groups is 2. The van der Waals surface area contributed by atoms with Gasteiger partial charge in [-0.05, 0) is 12.8 Å². The third kappa shape index (κ3) is 33.4. The van der Waals surface area contributed by atoms with Crippen LogP contribution in [0, 0.1) is 10.8 Å². The molecular formula is C38H75N5O4. The Labute approximate surface area is 289 Å². The number of hydrogen-bond acceptors (Lipinski definition) is 6. The summed E-state index contributed by atoms with van der Waals surface area (Å²) in [6.45, 7) is 5.25. The topological polar surface area (TPSA) is 142 Å². The van der Waals surface area contributed by atoms with E-state index in [0.717, 1.165) is 38.5 Å². The average molecular weight is 666 g/mol. The predicted octanol–water partition coefficient (Wildman–Crippen LogP) is 9.76. The van der Waals surface area contributed by atoms with E-state index in [1.807, 2.05) is 0 Å². The van der Waals surface area contributed by atoms with Gasteiger partial charge in [0, 0.05) is 12.8 Å². The molecule has 0 aromatic heterocycles. The Kier molecular flexibility index (Phi) is 33.3. The van der Waals surface area contributed by atoms with Crippen molar-refractivity contribution in [2.75, 3.05) is 26.3 Å². The first-order chi connectivity index (χ1) is 22.9. The summed E-state index contributed by atoms with van der Waals surface area (Å²) in [6.07, 6.45) is 33.6. The van der Waals surface area contributed by atoms with Crippen LogP contribution < -0.4 is 11.1 Å². The van der Waals surface area contributed by atoms with Crippen molar-refractivity contribution < 1.29 is 19.1 Å². The van der Waals surface area contributed by atoms with Crippen LogP contribution in [0.1, 0.15) is 194 Å². The van der Waals surface area contributed by atoms with Crippen LogP contribution in [0.2, 0.25) is 0 Å². The van der Waals surface area contributed by atoms with Crippen LogP contribution in [-0.4, -0.2) is 55.1 Å². The zero-order chi connectivity index (χ0) is 34.6. The Morgan fingerprint density at radius 1 is 0.511 bits per heavy atom. The Balaban J connectivity index is 3.91. The molecule has 0 aromatic rings. The smallest absolute Gasteiger partial charge is 0.305 e. The summed E-state index contributed by atoms with van der Waals surface area (Å²) in [5, 5.41) is 18.1. The number of hydrogen-bond donors (Lipinski definition) is 4. The van der Waals surface area contributed by atoms with Gasteiger partial charge in [-0.15, -0.1) is 0 Å². The second-order valence-corrected chi connectivity index (χ2v) is 13.3. The van der Waals surface area contributed by atoms with Crippen LogP contribution >= 0.6 is 0 Å². The lowest BCUT2D eigenvalue weighted by molar-refractivity contribution is -0.144. The van der Waals surface area contributed by atoms with Gasteiger partial charge >= 0.3 is 11.9 Å². The van der Waals surface area contributed by atoms with E-state index in [-0.39, 0.29) is 50.2 Å². The third-order valence-corrected chi connectivity index (χ3v) is 8.79. The number of nitrogens with zero attached hydrogens (tertiary/aromatic N) is 1. The highest BCUT2D eigenvalue weighted by atomic mass is 16.5. The van der Waals surface area contributed by atoms with Crippen molar-refractivity contribution in [3.8, 4) is 0 Å². The molecule has 0 aliphatic heterocycles. The molecule has 0 heterocycles. The molecule has 0 saturated carbocycles. The summed E-state index contributed by atoms with van der Waals surface area (Å²) < 4.78 is 10.8. The summed E-state index contributed by atoms with van der Waals surface area (Å²) in [5.41, 5.74) is 5.40. The molecule has 0 aromatic carbocycles.